The summed E-state index contributed by atoms with van der Waals surface area (Å²) >= 11 is 2.19. The van der Waals surface area contributed by atoms with Gasteiger partial charge < -0.3 is 9.47 Å². The van der Waals surface area contributed by atoms with Gasteiger partial charge in [-0.2, -0.15) is 5.01 Å². The fraction of sp³-hybridized carbons (Fsp3) is 0.167. The van der Waals surface area contributed by atoms with Gasteiger partial charge in [-0.3, -0.25) is 9.59 Å². The molecule has 2 aromatic carbocycles. The van der Waals surface area contributed by atoms with Crippen molar-refractivity contribution in [3.05, 3.63) is 63.2 Å². The van der Waals surface area contributed by atoms with Crippen LogP contribution < -0.4 is 4.74 Å². The maximum Gasteiger partial charge on any atom is 0.308 e. The molecule has 1 aliphatic heterocycles. The molecule has 1 atom stereocenters. The summed E-state index contributed by atoms with van der Waals surface area (Å²) in [5, 5.41) is 5.58. The Bertz CT molecular complexity index is 866. The quantitative estimate of drug-likeness (QED) is 0.408. The highest BCUT2D eigenvalue weighted by atomic mass is 127. The largest absolute Gasteiger partial charge is 0.445 e. The van der Waals surface area contributed by atoms with Gasteiger partial charge in [-0.25, -0.2) is 0 Å². The van der Waals surface area contributed by atoms with Gasteiger partial charge in [0.1, 0.15) is 5.75 Å². The molecular formula is C18H15IN2O4. The normalized spacial score (nSPS) is 16.2. The van der Waals surface area contributed by atoms with E-state index in [-0.39, 0.29) is 5.91 Å². The molecule has 0 aromatic heterocycles. The van der Waals surface area contributed by atoms with Crippen LogP contribution in [0.4, 0.5) is 0 Å². The third-order valence-electron chi connectivity index (χ3n) is 3.51. The Morgan fingerprint density at radius 3 is 2.48 bits per heavy atom. The monoisotopic (exact) mass is 450 g/mol. The predicted molar refractivity (Wildman–Crippen MR) is 99.8 cm³/mol. The Kier molecular flexibility index (Phi) is 5.03. The first-order chi connectivity index (χ1) is 12.0. The van der Waals surface area contributed by atoms with Crippen LogP contribution in [0.25, 0.3) is 0 Å². The molecule has 2 aromatic rings. The van der Waals surface area contributed by atoms with Crippen molar-refractivity contribution in [1.29, 1.82) is 0 Å². The van der Waals surface area contributed by atoms with E-state index in [0.29, 0.717) is 17.2 Å². The summed E-state index contributed by atoms with van der Waals surface area (Å²) in [5.41, 5.74) is 1.35. The second kappa shape index (κ2) is 7.22. The van der Waals surface area contributed by atoms with Gasteiger partial charge in [0.15, 0.2) is 0 Å². The molecule has 1 amide bonds. The van der Waals surface area contributed by atoms with Crippen LogP contribution in [-0.2, 0) is 14.3 Å². The number of nitrogens with zero attached hydrogens (tertiary/aromatic N) is 2. The smallest absolute Gasteiger partial charge is 0.308 e. The van der Waals surface area contributed by atoms with Gasteiger partial charge >= 0.3 is 5.97 Å². The van der Waals surface area contributed by atoms with Gasteiger partial charge in [0.2, 0.25) is 18.0 Å². The van der Waals surface area contributed by atoms with Crippen molar-refractivity contribution in [2.45, 2.75) is 20.1 Å². The van der Waals surface area contributed by atoms with Crippen molar-refractivity contribution in [2.75, 3.05) is 0 Å². The van der Waals surface area contributed by atoms with Crippen LogP contribution in [0.2, 0.25) is 0 Å². The van der Waals surface area contributed by atoms with Crippen LogP contribution in [0.3, 0.4) is 0 Å². The number of benzene rings is 2. The summed E-state index contributed by atoms with van der Waals surface area (Å²) in [6, 6.07) is 14.5. The number of rotatable bonds is 3. The summed E-state index contributed by atoms with van der Waals surface area (Å²) in [4.78, 5) is 23.4. The summed E-state index contributed by atoms with van der Waals surface area (Å²) < 4.78 is 12.2. The lowest BCUT2D eigenvalue weighted by Crippen LogP contribution is -2.26. The van der Waals surface area contributed by atoms with E-state index in [2.05, 4.69) is 27.7 Å². The highest BCUT2D eigenvalue weighted by Gasteiger charge is 2.35. The number of hydrogen-bond donors (Lipinski definition) is 0. The Labute approximate surface area is 158 Å². The van der Waals surface area contributed by atoms with Crippen LogP contribution in [-0.4, -0.2) is 22.8 Å². The number of carbonyl (C=O) groups is 2. The van der Waals surface area contributed by atoms with Gasteiger partial charge in [-0.05, 0) is 46.9 Å². The standard InChI is InChI=1S/C18H15IN2O4/c1-11(22)21-18(14-8-4-6-10-16(14)24-12(2)23)25-17(20-21)13-7-3-5-9-15(13)19/h3-10,18H,1-2H3/t18-/m1/s1. The molecule has 0 radical (unpaired) electrons. The minimum Gasteiger partial charge on any atom is -0.445 e. The second-order valence-corrected chi connectivity index (χ2v) is 6.51. The zero-order chi connectivity index (χ0) is 18.0. The molecule has 0 saturated carbocycles. The minimum absolute atomic E-state index is 0.274. The molecule has 1 heterocycles. The number of hydrazone groups is 1. The van der Waals surface area contributed by atoms with Crippen LogP contribution >= 0.6 is 22.6 Å². The van der Waals surface area contributed by atoms with Crippen molar-refractivity contribution >= 4 is 40.4 Å². The van der Waals surface area contributed by atoms with E-state index in [1.54, 1.807) is 24.3 Å². The molecule has 0 N–H and O–H groups in total. The molecule has 0 spiro atoms. The molecule has 0 fully saturated rings. The topological polar surface area (TPSA) is 68.2 Å². The van der Waals surface area contributed by atoms with Crippen molar-refractivity contribution in [3.8, 4) is 5.75 Å². The predicted octanol–water partition coefficient (Wildman–Crippen LogP) is 3.46. The van der Waals surface area contributed by atoms with Crippen molar-refractivity contribution in [2.24, 2.45) is 5.10 Å². The van der Waals surface area contributed by atoms with Gasteiger partial charge in [0.25, 0.3) is 0 Å². The highest BCUT2D eigenvalue weighted by Crippen LogP contribution is 2.36. The van der Waals surface area contributed by atoms with E-state index in [1.807, 2.05) is 24.3 Å². The number of hydrogen-bond acceptors (Lipinski definition) is 5. The first kappa shape index (κ1) is 17.4. The molecule has 0 aliphatic carbocycles. The fourth-order valence-corrected chi connectivity index (χ4v) is 3.06. The first-order valence-corrected chi connectivity index (χ1v) is 8.62. The average molecular weight is 450 g/mol. The van der Waals surface area contributed by atoms with E-state index < -0.39 is 12.2 Å². The van der Waals surface area contributed by atoms with Gasteiger partial charge in [-0.1, -0.05) is 24.3 Å². The van der Waals surface area contributed by atoms with E-state index in [4.69, 9.17) is 9.47 Å². The lowest BCUT2D eigenvalue weighted by Gasteiger charge is -2.21. The molecule has 25 heavy (non-hydrogen) atoms. The summed E-state index contributed by atoms with van der Waals surface area (Å²) in [6.45, 7) is 2.73. The number of ether oxygens (including phenoxy) is 2. The van der Waals surface area contributed by atoms with Crippen LogP contribution in [0, 0.1) is 3.57 Å². The lowest BCUT2D eigenvalue weighted by molar-refractivity contribution is -0.135. The summed E-state index contributed by atoms with van der Waals surface area (Å²) in [7, 11) is 0. The van der Waals surface area contributed by atoms with E-state index in [1.165, 1.54) is 18.9 Å². The van der Waals surface area contributed by atoms with Gasteiger partial charge in [0.05, 0.1) is 11.1 Å². The number of amides is 1. The van der Waals surface area contributed by atoms with E-state index in [9.17, 15) is 9.59 Å². The molecule has 6 nitrogen and oxygen atoms in total. The molecule has 0 saturated heterocycles. The third-order valence-corrected chi connectivity index (χ3v) is 4.45. The molecule has 0 unspecified atom stereocenters. The molecule has 7 heteroatoms. The van der Waals surface area contributed by atoms with E-state index in [0.717, 1.165) is 9.13 Å². The zero-order valence-corrected chi connectivity index (χ0v) is 15.8. The van der Waals surface area contributed by atoms with Crippen molar-refractivity contribution in [1.82, 2.24) is 5.01 Å². The third kappa shape index (κ3) is 3.65. The Morgan fingerprint density at radius 1 is 1.12 bits per heavy atom. The maximum atomic E-state index is 12.1. The SMILES string of the molecule is CC(=O)Oc1ccccc1[C@H]1OC(c2ccccc2I)=NN1C(C)=O. The Balaban J connectivity index is 2.00. The average Bonchev–Trinajstić information content (AvgIpc) is 3.00. The highest BCUT2D eigenvalue weighted by molar-refractivity contribution is 14.1. The van der Waals surface area contributed by atoms with E-state index >= 15 is 0 Å². The zero-order valence-electron chi connectivity index (χ0n) is 13.6. The fourth-order valence-electron chi connectivity index (χ4n) is 2.44. The summed E-state index contributed by atoms with van der Waals surface area (Å²) in [5.74, 6) is -0.0320. The van der Waals surface area contributed by atoms with Gasteiger partial charge in [-0.15, -0.1) is 5.10 Å². The van der Waals surface area contributed by atoms with Crippen LogP contribution in [0.15, 0.2) is 53.6 Å². The van der Waals surface area contributed by atoms with Crippen LogP contribution in [0.5, 0.6) is 5.75 Å². The Morgan fingerprint density at radius 2 is 1.80 bits per heavy atom. The minimum atomic E-state index is -0.793. The molecule has 128 valence electrons. The molecule has 0 bridgehead atoms. The van der Waals surface area contributed by atoms with Crippen molar-refractivity contribution in [3.63, 3.8) is 0 Å². The molecule has 1 aliphatic rings. The lowest BCUT2D eigenvalue weighted by atomic mass is 10.1. The number of para-hydroxylation sites is 1. The molecule has 3 rings (SSSR count). The Hall–Kier alpha value is -2.42. The number of esters is 1. The van der Waals surface area contributed by atoms with Crippen molar-refractivity contribution < 1.29 is 19.1 Å². The number of carbonyl (C=O) groups excluding carboxylic acids is 2. The molecular weight excluding hydrogens is 435 g/mol. The van der Waals surface area contributed by atoms with Crippen LogP contribution in [0.1, 0.15) is 31.2 Å². The van der Waals surface area contributed by atoms with Gasteiger partial charge in [0, 0.05) is 17.4 Å². The second-order valence-electron chi connectivity index (χ2n) is 5.35. The summed E-state index contributed by atoms with van der Waals surface area (Å²) in [6.07, 6.45) is -0.793. The first-order valence-electron chi connectivity index (χ1n) is 7.54. The number of halogens is 1. The maximum absolute atomic E-state index is 12.1.